The number of hydrogen-bond donors (Lipinski definition) is 1. The molecule has 0 fully saturated rings. The molecule has 9 rings (SSSR count). The summed E-state index contributed by atoms with van der Waals surface area (Å²) < 4.78 is 2.30. The van der Waals surface area contributed by atoms with E-state index in [1.165, 1.54) is 33.9 Å². The van der Waals surface area contributed by atoms with Crippen molar-refractivity contribution in [2.45, 2.75) is 110 Å². The van der Waals surface area contributed by atoms with Crippen LogP contribution in [-0.4, -0.2) is 66.1 Å². The average molecular weight is 1180 g/mol. The summed E-state index contributed by atoms with van der Waals surface area (Å²) >= 11 is 0. The minimum atomic E-state index is -0.151. The Morgan fingerprint density at radius 2 is 1.09 bits per heavy atom. The predicted molar refractivity (Wildman–Crippen MR) is 317 cm³/mol. The molecular weight excluding hydrogens is 1110 g/mol. The van der Waals surface area contributed by atoms with E-state index >= 15 is 0 Å². The Labute approximate surface area is 505 Å². The molecule has 2 aliphatic rings. The van der Waals surface area contributed by atoms with Gasteiger partial charge >= 0.3 is 39.0 Å². The minimum absolute atomic E-state index is 0. The summed E-state index contributed by atoms with van der Waals surface area (Å²) in [6.07, 6.45) is 26.0. The molecule has 2 aliphatic heterocycles. The molecule has 1 amide bonds. The normalized spacial score (nSPS) is 14.8. The Bertz CT molecular complexity index is 3120. The van der Waals surface area contributed by atoms with Crippen LogP contribution in [0.25, 0.3) is 0 Å². The Kier molecular flexibility index (Phi) is 22.7. The molecule has 11 nitrogen and oxygen atoms in total. The van der Waals surface area contributed by atoms with Gasteiger partial charge in [0, 0.05) is 118 Å². The molecule has 0 saturated carbocycles. The monoisotopic (exact) mass is 1180 g/mol. The van der Waals surface area contributed by atoms with Crippen LogP contribution >= 0.6 is 0 Å². The molecule has 404 valence electrons. The SMILES string of the molecule is C[N+]1=C(/C=C/C=C/C=C/C=C2\N(CCCCCC(=O)NCCc3cc(CN(Cc4ccccn4)Cc4ccccn4)c([O-])c(CN(Cc4ccccn4)Cc4ccccn4)c3)c3ccccc3C2(C)C)C(C)(C)c2ccccc21.[Zn+2].[Zn+2]. The third kappa shape index (κ3) is 16.2. The zero-order chi connectivity index (χ0) is 55.0. The smallest absolute Gasteiger partial charge is 0.872 e. The van der Waals surface area contributed by atoms with Crippen molar-refractivity contribution in [3.8, 4) is 5.75 Å². The van der Waals surface area contributed by atoms with Crippen LogP contribution in [0.5, 0.6) is 5.75 Å². The number of carbonyl (C=O) groups is 1. The van der Waals surface area contributed by atoms with Gasteiger partial charge < -0.3 is 15.3 Å². The van der Waals surface area contributed by atoms with Gasteiger partial charge in [0.2, 0.25) is 11.6 Å². The van der Waals surface area contributed by atoms with Gasteiger partial charge in [-0.1, -0.05) is 129 Å². The molecule has 81 heavy (non-hydrogen) atoms. The number of rotatable bonds is 25. The molecule has 0 atom stereocenters. The molecule has 0 spiro atoms. The predicted octanol–water partition coefficient (Wildman–Crippen LogP) is 12.0. The molecule has 0 aliphatic carbocycles. The van der Waals surface area contributed by atoms with Crippen LogP contribution in [0.3, 0.4) is 0 Å². The van der Waals surface area contributed by atoms with Gasteiger partial charge in [0.1, 0.15) is 7.05 Å². The Morgan fingerprint density at radius 1 is 0.593 bits per heavy atom. The van der Waals surface area contributed by atoms with Crippen LogP contribution in [0.2, 0.25) is 0 Å². The van der Waals surface area contributed by atoms with E-state index in [-0.39, 0.29) is 61.4 Å². The molecule has 1 N–H and O–H groups in total. The van der Waals surface area contributed by atoms with Crippen molar-refractivity contribution >= 4 is 23.0 Å². The van der Waals surface area contributed by atoms with E-state index in [2.05, 4.69) is 170 Å². The number of allylic oxidation sites excluding steroid dienone is 8. The van der Waals surface area contributed by atoms with Crippen LogP contribution in [-0.2, 0) is 100 Å². The van der Waals surface area contributed by atoms with E-state index in [4.69, 9.17) is 0 Å². The molecule has 4 aromatic heterocycles. The number of benzene rings is 3. The number of nitrogens with zero attached hydrogens (tertiary/aromatic N) is 8. The molecule has 0 bridgehead atoms. The maximum atomic E-state index is 14.7. The number of hydrogen-bond acceptors (Lipinski definition) is 9. The number of pyridine rings is 4. The fourth-order valence-electron chi connectivity index (χ4n) is 11.2. The number of fused-ring (bicyclic) bond motifs is 2. The summed E-state index contributed by atoms with van der Waals surface area (Å²) in [5.74, 6) is 0.0461. The number of amides is 1. The topological polar surface area (TPSA) is 116 Å². The van der Waals surface area contributed by atoms with E-state index in [0.29, 0.717) is 69.8 Å². The van der Waals surface area contributed by atoms with Crippen molar-refractivity contribution in [2.75, 3.05) is 25.0 Å². The summed E-state index contributed by atoms with van der Waals surface area (Å²) in [4.78, 5) is 38.9. The van der Waals surface area contributed by atoms with Crippen molar-refractivity contribution in [2.24, 2.45) is 0 Å². The Hall–Kier alpha value is -6.87. The molecule has 6 heterocycles. The van der Waals surface area contributed by atoms with Gasteiger partial charge in [0.05, 0.1) is 28.2 Å². The average Bonchev–Trinajstić information content (AvgIpc) is 4.08. The molecule has 0 saturated heterocycles. The molecule has 7 aromatic rings. The third-order valence-corrected chi connectivity index (χ3v) is 15.3. The second-order valence-corrected chi connectivity index (χ2v) is 21.8. The molecular formula is C68H75N9O2Zn2+4. The number of carbonyl (C=O) groups excluding carboxylic acids is 1. The maximum Gasteiger partial charge on any atom is 2.00 e. The third-order valence-electron chi connectivity index (χ3n) is 15.3. The van der Waals surface area contributed by atoms with Crippen molar-refractivity contribution in [1.82, 2.24) is 35.1 Å². The van der Waals surface area contributed by atoms with Gasteiger partial charge in [-0.2, -0.15) is 4.58 Å². The molecule has 0 unspecified atom stereocenters. The second-order valence-electron chi connectivity index (χ2n) is 21.8. The molecule has 0 radical (unpaired) electrons. The summed E-state index contributed by atoms with van der Waals surface area (Å²) in [5.41, 5.74) is 13.6. The fourth-order valence-corrected chi connectivity index (χ4v) is 11.2. The standard InChI is InChI=1S/C68H75N9O2.2Zn/c1-67(2)59-30-13-15-32-61(59)74(5)63(67)34-10-7-6-8-11-35-64-68(3,4)60-31-14-16-33-62(60)77(64)43-25-9-12-36-65(78)73-42-37-52-44-53(46-75(48-55-26-17-21-38-69-55)49-56-27-18-22-39-70-56)66(79)54(45-52)47-76(50-57-28-19-23-40-71-57)51-58-29-20-24-41-72-58;;/h6-8,10-11,13-24,26-35,38-41,44-45H,9,12,25,36-37,42-43,46-51H2,1-5H3,(H-,73,78,79);;/q;2*+2. The number of nitrogens with one attached hydrogen (secondary N) is 1. The van der Waals surface area contributed by atoms with E-state index in [9.17, 15) is 9.90 Å². The molecule has 13 heteroatoms. The van der Waals surface area contributed by atoms with E-state index in [1.807, 2.05) is 84.9 Å². The largest absolute Gasteiger partial charge is 2.00 e. The van der Waals surface area contributed by atoms with Crippen LogP contribution in [0.4, 0.5) is 11.4 Å². The second kappa shape index (κ2) is 29.7. The van der Waals surface area contributed by atoms with E-state index < -0.39 is 0 Å². The summed E-state index contributed by atoms with van der Waals surface area (Å²) in [6, 6.07) is 45.1. The minimum Gasteiger partial charge on any atom is -0.872 e. The van der Waals surface area contributed by atoms with E-state index in [1.54, 1.807) is 24.8 Å². The van der Waals surface area contributed by atoms with Crippen molar-refractivity contribution in [3.05, 3.63) is 257 Å². The van der Waals surface area contributed by atoms with Gasteiger partial charge in [-0.15, -0.1) is 0 Å². The number of para-hydroxylation sites is 2. The summed E-state index contributed by atoms with van der Waals surface area (Å²) in [7, 11) is 2.15. The summed E-state index contributed by atoms with van der Waals surface area (Å²) in [6.45, 7) is 13.5. The summed E-state index contributed by atoms with van der Waals surface area (Å²) in [5, 5.41) is 17.9. The zero-order valence-corrected chi connectivity index (χ0v) is 54.0. The van der Waals surface area contributed by atoms with Crippen molar-refractivity contribution < 1.29 is 53.4 Å². The van der Waals surface area contributed by atoms with Crippen molar-refractivity contribution in [3.63, 3.8) is 0 Å². The van der Waals surface area contributed by atoms with E-state index in [0.717, 1.165) is 54.1 Å². The van der Waals surface area contributed by atoms with Gasteiger partial charge in [-0.05, 0) is 116 Å². The van der Waals surface area contributed by atoms with Crippen LogP contribution in [0.1, 0.15) is 104 Å². The van der Waals surface area contributed by atoms with Crippen LogP contribution in [0, 0.1) is 0 Å². The quantitative estimate of drug-likeness (QED) is 0.0258. The van der Waals surface area contributed by atoms with Gasteiger partial charge in [0.25, 0.3) is 0 Å². The Balaban J connectivity index is 0.00000473. The maximum absolute atomic E-state index is 14.7. The van der Waals surface area contributed by atoms with Crippen molar-refractivity contribution in [1.29, 1.82) is 0 Å². The van der Waals surface area contributed by atoms with Crippen LogP contribution < -0.4 is 15.3 Å². The van der Waals surface area contributed by atoms with Gasteiger partial charge in [-0.25, -0.2) is 0 Å². The van der Waals surface area contributed by atoms with Crippen LogP contribution in [0.15, 0.2) is 206 Å². The first-order chi connectivity index (χ1) is 38.4. The van der Waals surface area contributed by atoms with Gasteiger partial charge in [-0.3, -0.25) is 34.5 Å². The Morgan fingerprint density at radius 3 is 1.62 bits per heavy atom. The first-order valence-corrected chi connectivity index (χ1v) is 27.9. The fraction of sp³-hybridized carbons (Fsp3) is 0.294. The van der Waals surface area contributed by atoms with Gasteiger partial charge in [0.15, 0.2) is 5.71 Å². The molecule has 3 aromatic carbocycles. The number of unbranched alkanes of at least 4 members (excludes halogenated alkanes) is 2. The number of anilines is 1. The zero-order valence-electron chi connectivity index (χ0n) is 48.1. The number of aromatic nitrogens is 4. The first-order valence-electron chi connectivity index (χ1n) is 27.9. The first kappa shape index (κ1) is 61.7.